The summed E-state index contributed by atoms with van der Waals surface area (Å²) in [7, 11) is 0. The van der Waals surface area contributed by atoms with Gasteiger partial charge in [0, 0.05) is 12.1 Å². The van der Waals surface area contributed by atoms with E-state index in [1.807, 2.05) is 0 Å². The summed E-state index contributed by atoms with van der Waals surface area (Å²) in [6.07, 6.45) is -0.516. The van der Waals surface area contributed by atoms with Crippen molar-refractivity contribution in [3.63, 3.8) is 0 Å². The van der Waals surface area contributed by atoms with Crippen molar-refractivity contribution in [2.24, 2.45) is 0 Å². The third-order valence-corrected chi connectivity index (χ3v) is 2.40. The van der Waals surface area contributed by atoms with E-state index < -0.39 is 35.8 Å². The van der Waals surface area contributed by atoms with Gasteiger partial charge in [-0.25, -0.2) is 8.78 Å². The van der Waals surface area contributed by atoms with Crippen LogP contribution in [0.25, 0.3) is 0 Å². The zero-order valence-corrected chi connectivity index (χ0v) is 9.90. The Labute approximate surface area is 107 Å². The summed E-state index contributed by atoms with van der Waals surface area (Å²) in [4.78, 5) is 22.6. The van der Waals surface area contributed by atoms with Gasteiger partial charge in [0.05, 0.1) is 19.1 Å². The molecule has 0 bridgehead atoms. The molecule has 5 nitrogen and oxygen atoms in total. The molecule has 0 spiro atoms. The molecule has 3 N–H and O–H groups in total. The molecule has 0 saturated heterocycles. The van der Waals surface area contributed by atoms with Gasteiger partial charge in [-0.3, -0.25) is 9.59 Å². The van der Waals surface area contributed by atoms with Crippen LogP contribution in [0.15, 0.2) is 18.2 Å². The lowest BCUT2D eigenvalue weighted by atomic mass is 10.0. The van der Waals surface area contributed by atoms with Gasteiger partial charge >= 0.3 is 5.97 Å². The minimum absolute atomic E-state index is 0.0212. The molecule has 0 radical (unpaired) electrons. The average molecular weight is 273 g/mol. The second kappa shape index (κ2) is 6.91. The van der Waals surface area contributed by atoms with Crippen LogP contribution in [0.5, 0.6) is 0 Å². The SMILES string of the molecule is O=C(O)CC(NCCO)C(=O)c1ccc(F)c(F)c1. The van der Waals surface area contributed by atoms with Gasteiger partial charge in [-0.15, -0.1) is 0 Å². The monoisotopic (exact) mass is 273 g/mol. The van der Waals surface area contributed by atoms with E-state index >= 15 is 0 Å². The maximum absolute atomic E-state index is 13.0. The number of aliphatic hydroxyl groups excluding tert-OH is 1. The average Bonchev–Trinajstić information content (AvgIpc) is 2.36. The molecule has 1 aromatic rings. The molecule has 0 fully saturated rings. The minimum atomic E-state index is -1.22. The number of carbonyl (C=O) groups is 2. The van der Waals surface area contributed by atoms with Crippen LogP contribution in [-0.2, 0) is 4.79 Å². The molecule has 1 rings (SSSR count). The van der Waals surface area contributed by atoms with Crippen molar-refractivity contribution in [1.29, 1.82) is 0 Å². The van der Waals surface area contributed by atoms with E-state index in [1.165, 1.54) is 0 Å². The van der Waals surface area contributed by atoms with Crippen molar-refractivity contribution in [2.75, 3.05) is 13.2 Å². The number of rotatable bonds is 7. The molecule has 1 atom stereocenters. The van der Waals surface area contributed by atoms with Crippen LogP contribution in [0.4, 0.5) is 8.78 Å². The molecule has 7 heteroatoms. The Kier molecular flexibility index (Phi) is 5.53. The number of carboxylic acid groups (broad SMARTS) is 1. The maximum atomic E-state index is 13.0. The third-order valence-electron chi connectivity index (χ3n) is 2.40. The standard InChI is InChI=1S/C12H13F2NO4/c13-8-2-1-7(5-9(8)14)12(19)10(6-11(17)18)15-3-4-16/h1-2,5,10,15-16H,3-4,6H2,(H,17,18). The summed E-state index contributed by atoms with van der Waals surface area (Å²) >= 11 is 0. The molecule has 0 aliphatic carbocycles. The smallest absolute Gasteiger partial charge is 0.305 e. The fourth-order valence-electron chi connectivity index (χ4n) is 1.52. The van der Waals surface area contributed by atoms with E-state index in [1.54, 1.807) is 0 Å². The Bertz CT molecular complexity index is 479. The van der Waals surface area contributed by atoms with Crippen molar-refractivity contribution in [3.8, 4) is 0 Å². The quantitative estimate of drug-likeness (QED) is 0.632. The highest BCUT2D eigenvalue weighted by Crippen LogP contribution is 2.12. The highest BCUT2D eigenvalue weighted by molar-refractivity contribution is 6.01. The molecule has 1 aromatic carbocycles. The summed E-state index contributed by atoms with van der Waals surface area (Å²) in [6.45, 7) is -0.255. The molecule has 0 amide bonds. The van der Waals surface area contributed by atoms with Crippen molar-refractivity contribution in [2.45, 2.75) is 12.5 Å². The Hall–Kier alpha value is -1.86. The lowest BCUT2D eigenvalue weighted by Gasteiger charge is -2.15. The first-order valence-electron chi connectivity index (χ1n) is 5.51. The summed E-state index contributed by atoms with van der Waals surface area (Å²) in [6, 6.07) is 1.49. The van der Waals surface area contributed by atoms with Gasteiger partial charge < -0.3 is 15.5 Å². The number of Topliss-reactive ketones (excluding diaryl/α,β-unsaturated/α-hetero) is 1. The number of aliphatic carboxylic acids is 1. The predicted molar refractivity (Wildman–Crippen MR) is 61.8 cm³/mol. The number of ketones is 1. The Morgan fingerprint density at radius 1 is 1.26 bits per heavy atom. The van der Waals surface area contributed by atoms with E-state index in [9.17, 15) is 18.4 Å². The summed E-state index contributed by atoms with van der Waals surface area (Å²) < 4.78 is 25.8. The van der Waals surface area contributed by atoms with Crippen LogP contribution < -0.4 is 5.32 Å². The lowest BCUT2D eigenvalue weighted by molar-refractivity contribution is -0.137. The van der Waals surface area contributed by atoms with Gasteiger partial charge in [-0.2, -0.15) is 0 Å². The van der Waals surface area contributed by atoms with Gasteiger partial charge in [-0.05, 0) is 18.2 Å². The predicted octanol–water partition coefficient (Wildman–Crippen LogP) is 0.573. The topological polar surface area (TPSA) is 86.6 Å². The Balaban J connectivity index is 2.90. The zero-order chi connectivity index (χ0) is 14.4. The number of hydrogen-bond donors (Lipinski definition) is 3. The normalized spacial score (nSPS) is 12.2. The minimum Gasteiger partial charge on any atom is -0.481 e. The molecule has 0 aromatic heterocycles. The molecule has 0 saturated carbocycles. The first-order chi connectivity index (χ1) is 8.95. The number of halogens is 2. The fraction of sp³-hybridized carbons (Fsp3) is 0.333. The highest BCUT2D eigenvalue weighted by Gasteiger charge is 2.23. The number of benzene rings is 1. The molecule has 19 heavy (non-hydrogen) atoms. The fourth-order valence-corrected chi connectivity index (χ4v) is 1.52. The van der Waals surface area contributed by atoms with Crippen molar-refractivity contribution in [1.82, 2.24) is 5.32 Å². The van der Waals surface area contributed by atoms with Crippen LogP contribution in [0, 0.1) is 11.6 Å². The van der Waals surface area contributed by atoms with Crippen LogP contribution in [0.2, 0.25) is 0 Å². The highest BCUT2D eigenvalue weighted by atomic mass is 19.2. The number of hydrogen-bond acceptors (Lipinski definition) is 4. The van der Waals surface area contributed by atoms with Crippen molar-refractivity contribution < 1.29 is 28.6 Å². The number of carboxylic acids is 1. The van der Waals surface area contributed by atoms with Crippen LogP contribution in [-0.4, -0.2) is 41.2 Å². The molecule has 0 heterocycles. The first kappa shape index (κ1) is 15.2. The largest absolute Gasteiger partial charge is 0.481 e. The molecular weight excluding hydrogens is 260 g/mol. The molecular formula is C12H13F2NO4. The Morgan fingerprint density at radius 3 is 2.47 bits per heavy atom. The van der Waals surface area contributed by atoms with Crippen LogP contribution in [0.1, 0.15) is 16.8 Å². The van der Waals surface area contributed by atoms with E-state index in [-0.39, 0.29) is 18.7 Å². The van der Waals surface area contributed by atoms with Gasteiger partial charge in [-0.1, -0.05) is 0 Å². The molecule has 1 unspecified atom stereocenters. The van der Waals surface area contributed by atoms with Crippen molar-refractivity contribution in [3.05, 3.63) is 35.4 Å². The van der Waals surface area contributed by atoms with E-state index in [0.717, 1.165) is 12.1 Å². The lowest BCUT2D eigenvalue weighted by Crippen LogP contribution is -2.40. The first-order valence-corrected chi connectivity index (χ1v) is 5.51. The van der Waals surface area contributed by atoms with Crippen molar-refractivity contribution >= 4 is 11.8 Å². The maximum Gasteiger partial charge on any atom is 0.305 e. The summed E-state index contributed by atoms with van der Waals surface area (Å²) in [5, 5.41) is 19.9. The van der Waals surface area contributed by atoms with E-state index in [4.69, 9.17) is 10.2 Å². The third kappa shape index (κ3) is 4.38. The van der Waals surface area contributed by atoms with Gasteiger partial charge in [0.2, 0.25) is 0 Å². The second-order valence-corrected chi connectivity index (χ2v) is 3.82. The molecule has 0 aliphatic heterocycles. The van der Waals surface area contributed by atoms with Gasteiger partial charge in [0.15, 0.2) is 17.4 Å². The van der Waals surface area contributed by atoms with Crippen LogP contribution in [0.3, 0.4) is 0 Å². The number of nitrogens with one attached hydrogen (secondary N) is 1. The van der Waals surface area contributed by atoms with E-state index in [2.05, 4.69) is 5.32 Å². The zero-order valence-electron chi connectivity index (χ0n) is 9.90. The Morgan fingerprint density at radius 2 is 1.95 bits per heavy atom. The second-order valence-electron chi connectivity index (χ2n) is 3.82. The summed E-state index contributed by atoms with van der Waals surface area (Å²) in [5.41, 5.74) is -0.129. The molecule has 104 valence electrons. The van der Waals surface area contributed by atoms with Gasteiger partial charge in [0.1, 0.15) is 0 Å². The number of aliphatic hydroxyl groups is 1. The van der Waals surface area contributed by atoms with E-state index in [0.29, 0.717) is 6.07 Å². The van der Waals surface area contributed by atoms with Gasteiger partial charge in [0.25, 0.3) is 0 Å². The number of carbonyl (C=O) groups excluding carboxylic acids is 1. The molecule has 0 aliphatic rings. The van der Waals surface area contributed by atoms with Crippen LogP contribution >= 0.6 is 0 Å². The summed E-state index contributed by atoms with van der Waals surface area (Å²) in [5.74, 6) is -4.15.